The van der Waals surface area contributed by atoms with E-state index in [1.54, 1.807) is 0 Å². The molecule has 78 heavy (non-hydrogen) atoms. The van der Waals surface area contributed by atoms with E-state index in [0.29, 0.717) is 17.4 Å². The van der Waals surface area contributed by atoms with E-state index >= 15 is 0 Å². The Balaban J connectivity index is 5.29. The van der Waals surface area contributed by atoms with Gasteiger partial charge in [-0.05, 0) is 89.5 Å². The molecule has 0 heterocycles. The van der Waals surface area contributed by atoms with Crippen LogP contribution in [0.5, 0.6) is 0 Å². The molecule has 0 saturated carbocycles. The standard InChI is InChI=1S/C68H117N2O7P/c1-7-10-13-16-19-22-25-28-30-32-33-34-35-36-37-39-41-43-46-49-52-55-58-61-68(72)77-66(59-56-53-50-47-44-27-24-21-18-15-12-9-3)65(64-76-78(73,74)75-63-62-70(4,5)6)69-67(71)60-57-54-51-48-45-42-40-38-31-29-26-23-20-17-14-11-8-2/h11,14,17,19-20,22-23,26,28-31,33-34,38,40,42,45,56,59,65-66H,7-10,12-13,15-16,18,21,24-25,27,32,35-37,39,41,43-44,46-55,57-58,60-64H2,1-6H3,(H-,69,71,73,74)/p+1/b14-11-,20-17+,22-19-,26-23+,30-28-,31-29-,34-33-,40-38+,45-42+,59-56-. The zero-order valence-corrected chi connectivity index (χ0v) is 51.8. The minimum Gasteiger partial charge on any atom is -0.456 e. The highest BCUT2D eigenvalue weighted by molar-refractivity contribution is 7.47. The Kier molecular flexibility index (Phi) is 54.1. The van der Waals surface area contributed by atoms with E-state index in [9.17, 15) is 19.0 Å². The largest absolute Gasteiger partial charge is 0.472 e. The normalized spacial score (nSPS) is 14.5. The lowest BCUT2D eigenvalue weighted by Crippen LogP contribution is -2.47. The molecule has 0 saturated heterocycles. The van der Waals surface area contributed by atoms with Crippen LogP contribution in [-0.2, 0) is 27.9 Å². The molecular formula is C68H118N2O7P+. The SMILES string of the molecule is CC\C=C/C=C/C=C/C=C\C=C\C=C\CCCCCC(=O)NC(COP(=O)(O)OCC[N+](C)(C)C)C(/C=C\CCCCCCCCCCCC)OC(=O)CCCCCCCCCCCC/C=C\C/C=C\C/C=C\CCCCC. The Morgan fingerprint density at radius 3 is 1.38 bits per heavy atom. The highest BCUT2D eigenvalue weighted by Crippen LogP contribution is 2.43. The summed E-state index contributed by atoms with van der Waals surface area (Å²) in [5, 5.41) is 3.03. The minimum atomic E-state index is -4.47. The lowest BCUT2D eigenvalue weighted by atomic mass is 10.0. The third-order valence-corrected chi connectivity index (χ3v) is 14.3. The highest BCUT2D eigenvalue weighted by Gasteiger charge is 2.30. The van der Waals surface area contributed by atoms with Crippen molar-refractivity contribution in [3.8, 4) is 0 Å². The zero-order chi connectivity index (χ0) is 57.2. The molecule has 0 aromatic rings. The summed E-state index contributed by atoms with van der Waals surface area (Å²) in [7, 11) is 1.44. The van der Waals surface area contributed by atoms with E-state index in [-0.39, 0.29) is 37.9 Å². The molecule has 0 fully saturated rings. The van der Waals surface area contributed by atoms with Gasteiger partial charge < -0.3 is 19.4 Å². The van der Waals surface area contributed by atoms with Gasteiger partial charge in [0.05, 0.1) is 33.8 Å². The quantitative estimate of drug-likeness (QED) is 0.0156. The first kappa shape index (κ1) is 74.4. The first-order valence-electron chi connectivity index (χ1n) is 31.4. The third kappa shape index (κ3) is 57.1. The Labute approximate surface area is 480 Å². The molecule has 0 bridgehead atoms. The van der Waals surface area contributed by atoms with Crippen molar-refractivity contribution in [3.05, 3.63) is 122 Å². The summed E-state index contributed by atoms with van der Waals surface area (Å²) in [6.45, 7) is 6.79. The average molecular weight is 1110 g/mol. The molecule has 3 unspecified atom stereocenters. The van der Waals surface area contributed by atoms with Gasteiger partial charge in [-0.3, -0.25) is 18.6 Å². The second kappa shape index (κ2) is 56.7. The van der Waals surface area contributed by atoms with E-state index in [4.69, 9.17) is 13.8 Å². The molecule has 3 atom stereocenters. The molecule has 0 aromatic heterocycles. The number of esters is 1. The van der Waals surface area contributed by atoms with Crippen LogP contribution < -0.4 is 5.32 Å². The third-order valence-electron chi connectivity index (χ3n) is 13.3. The number of phosphoric ester groups is 1. The Bertz CT molecular complexity index is 1750. The van der Waals surface area contributed by atoms with Gasteiger partial charge in [0.1, 0.15) is 19.3 Å². The van der Waals surface area contributed by atoms with Gasteiger partial charge in [-0.25, -0.2) is 4.57 Å². The Morgan fingerprint density at radius 2 is 0.872 bits per heavy atom. The molecule has 10 heteroatoms. The van der Waals surface area contributed by atoms with Gasteiger partial charge in [-0.1, -0.05) is 265 Å². The van der Waals surface area contributed by atoms with Crippen molar-refractivity contribution in [1.82, 2.24) is 5.32 Å². The molecule has 1 amide bonds. The summed E-state index contributed by atoms with van der Waals surface area (Å²) in [6, 6.07) is -0.882. The summed E-state index contributed by atoms with van der Waals surface area (Å²) < 4.78 is 30.7. The number of allylic oxidation sites excluding steroid dienone is 19. The maximum Gasteiger partial charge on any atom is 0.472 e. The van der Waals surface area contributed by atoms with Crippen molar-refractivity contribution >= 4 is 19.7 Å². The first-order chi connectivity index (χ1) is 37.9. The van der Waals surface area contributed by atoms with Gasteiger partial charge in [0.25, 0.3) is 0 Å². The van der Waals surface area contributed by atoms with Crippen LogP contribution in [0.4, 0.5) is 0 Å². The van der Waals surface area contributed by atoms with Crippen molar-refractivity contribution < 1.29 is 37.3 Å². The monoisotopic (exact) mass is 1110 g/mol. The fraction of sp³-hybridized carbons (Fsp3) is 0.676. The second-order valence-electron chi connectivity index (χ2n) is 22.0. The maximum absolute atomic E-state index is 13.5. The molecule has 0 spiro atoms. The van der Waals surface area contributed by atoms with E-state index in [2.05, 4.69) is 74.7 Å². The van der Waals surface area contributed by atoms with Gasteiger partial charge in [0.15, 0.2) is 0 Å². The number of rotatable bonds is 55. The number of hydrogen-bond donors (Lipinski definition) is 2. The summed E-state index contributed by atoms with van der Waals surface area (Å²) in [5.74, 6) is -0.567. The Hall–Kier alpha value is -3.59. The van der Waals surface area contributed by atoms with Gasteiger partial charge in [-0.15, -0.1) is 0 Å². The number of unbranched alkanes of at least 4 members (excludes halogenated alkanes) is 26. The van der Waals surface area contributed by atoms with E-state index in [1.165, 1.54) is 116 Å². The lowest BCUT2D eigenvalue weighted by Gasteiger charge is -2.27. The number of hydrogen-bond acceptors (Lipinski definition) is 6. The van der Waals surface area contributed by atoms with Gasteiger partial charge >= 0.3 is 13.8 Å². The number of nitrogens with one attached hydrogen (secondary N) is 1. The summed E-state index contributed by atoms with van der Waals surface area (Å²) in [6.07, 6.45) is 79.1. The molecular weight excluding hydrogens is 988 g/mol. The van der Waals surface area contributed by atoms with Gasteiger partial charge in [0.2, 0.25) is 5.91 Å². The van der Waals surface area contributed by atoms with E-state index in [0.717, 1.165) is 89.9 Å². The predicted octanol–water partition coefficient (Wildman–Crippen LogP) is 19.5. The van der Waals surface area contributed by atoms with Crippen molar-refractivity contribution in [2.75, 3.05) is 40.9 Å². The number of phosphoric acid groups is 1. The number of nitrogens with zero attached hydrogens (tertiary/aromatic N) is 1. The number of carbonyl (C=O) groups excluding carboxylic acids is 2. The number of likely N-dealkylation sites (N-methyl/N-ethyl adjacent to an activating group) is 1. The number of carbonyl (C=O) groups is 2. The van der Waals surface area contributed by atoms with Crippen molar-refractivity contribution in [2.45, 2.75) is 258 Å². The van der Waals surface area contributed by atoms with Crippen LogP contribution in [0.2, 0.25) is 0 Å². The van der Waals surface area contributed by atoms with Gasteiger partial charge in [-0.2, -0.15) is 0 Å². The maximum atomic E-state index is 13.5. The van der Waals surface area contributed by atoms with Crippen molar-refractivity contribution in [2.24, 2.45) is 0 Å². The lowest BCUT2D eigenvalue weighted by molar-refractivity contribution is -0.870. The second-order valence-corrected chi connectivity index (χ2v) is 23.5. The van der Waals surface area contributed by atoms with Crippen LogP contribution in [0.25, 0.3) is 0 Å². The van der Waals surface area contributed by atoms with E-state index in [1.807, 2.05) is 94.1 Å². The molecule has 0 aromatic carbocycles. The molecule has 0 aliphatic heterocycles. The fourth-order valence-corrected chi connectivity index (χ4v) is 9.18. The molecule has 0 aliphatic carbocycles. The smallest absolute Gasteiger partial charge is 0.456 e. The molecule has 9 nitrogen and oxygen atoms in total. The zero-order valence-electron chi connectivity index (χ0n) is 50.9. The molecule has 446 valence electrons. The number of quaternary nitrogens is 1. The topological polar surface area (TPSA) is 111 Å². The Morgan fingerprint density at radius 1 is 0.474 bits per heavy atom. The molecule has 0 rings (SSSR count). The average Bonchev–Trinajstić information content (AvgIpc) is 3.40. The number of amides is 1. The van der Waals surface area contributed by atoms with E-state index < -0.39 is 20.0 Å². The fourth-order valence-electron chi connectivity index (χ4n) is 8.45. The summed E-state index contributed by atoms with van der Waals surface area (Å²) in [4.78, 5) is 37.7. The van der Waals surface area contributed by atoms with Crippen LogP contribution in [0, 0.1) is 0 Å². The van der Waals surface area contributed by atoms with Gasteiger partial charge in [0, 0.05) is 12.8 Å². The van der Waals surface area contributed by atoms with Crippen LogP contribution in [-0.4, -0.2) is 74.3 Å². The van der Waals surface area contributed by atoms with Crippen molar-refractivity contribution in [1.29, 1.82) is 0 Å². The van der Waals surface area contributed by atoms with Crippen LogP contribution in [0.15, 0.2) is 122 Å². The molecule has 2 N–H and O–H groups in total. The van der Waals surface area contributed by atoms with Crippen molar-refractivity contribution in [3.63, 3.8) is 0 Å². The number of ether oxygens (including phenoxy) is 1. The van der Waals surface area contributed by atoms with Crippen LogP contribution in [0.1, 0.15) is 245 Å². The summed E-state index contributed by atoms with van der Waals surface area (Å²) >= 11 is 0. The molecule has 0 aliphatic rings. The predicted molar refractivity (Wildman–Crippen MR) is 336 cm³/mol. The van der Waals surface area contributed by atoms with Crippen LogP contribution in [0.3, 0.4) is 0 Å². The molecule has 0 radical (unpaired) electrons. The van der Waals surface area contributed by atoms with Crippen LogP contribution >= 0.6 is 7.82 Å². The highest BCUT2D eigenvalue weighted by atomic mass is 31.2. The summed E-state index contributed by atoms with van der Waals surface area (Å²) in [5.41, 5.74) is 0. The minimum absolute atomic E-state index is 0.0238. The first-order valence-corrected chi connectivity index (χ1v) is 32.9.